The number of nitrogens with two attached hydrogens (primary N) is 1. The highest BCUT2D eigenvalue weighted by atomic mass is 35.5. The summed E-state index contributed by atoms with van der Waals surface area (Å²) in [6.07, 6.45) is 0.440. The van der Waals surface area contributed by atoms with Gasteiger partial charge in [0, 0.05) is 6.04 Å². The standard InChI is InChI=1S/C17H19ClFNO/c1-3-15(20)17(12-6-4-5-11(2)9-12)21-16-8-7-13(19)10-14(16)18/h4-10,15,17H,3,20H2,1-2H3. The zero-order chi connectivity index (χ0) is 15.4. The summed E-state index contributed by atoms with van der Waals surface area (Å²) in [6, 6.07) is 11.9. The van der Waals surface area contributed by atoms with Gasteiger partial charge in [-0.15, -0.1) is 0 Å². The molecule has 0 bridgehead atoms. The molecule has 2 unspecified atom stereocenters. The molecule has 0 aliphatic heterocycles. The molecular formula is C17H19ClFNO. The molecular weight excluding hydrogens is 289 g/mol. The maximum absolute atomic E-state index is 13.1. The summed E-state index contributed by atoms with van der Waals surface area (Å²) in [5.74, 6) is 0.0488. The lowest BCUT2D eigenvalue weighted by molar-refractivity contribution is 0.171. The van der Waals surface area contributed by atoms with Gasteiger partial charge in [0.15, 0.2) is 0 Å². The van der Waals surface area contributed by atoms with E-state index in [9.17, 15) is 4.39 Å². The van der Waals surface area contributed by atoms with Gasteiger partial charge in [-0.3, -0.25) is 0 Å². The van der Waals surface area contributed by atoms with E-state index in [4.69, 9.17) is 22.1 Å². The predicted molar refractivity (Wildman–Crippen MR) is 84.2 cm³/mol. The monoisotopic (exact) mass is 307 g/mol. The van der Waals surface area contributed by atoms with Crippen LogP contribution in [0.15, 0.2) is 42.5 Å². The van der Waals surface area contributed by atoms with E-state index in [0.717, 1.165) is 17.5 Å². The Kier molecular flexibility index (Phi) is 5.21. The first-order valence-electron chi connectivity index (χ1n) is 6.95. The molecule has 0 aliphatic rings. The topological polar surface area (TPSA) is 35.2 Å². The highest BCUT2D eigenvalue weighted by Crippen LogP contribution is 2.31. The van der Waals surface area contributed by atoms with Crippen molar-refractivity contribution in [2.45, 2.75) is 32.4 Å². The fourth-order valence-electron chi connectivity index (χ4n) is 2.17. The molecule has 2 rings (SSSR count). The highest BCUT2D eigenvalue weighted by molar-refractivity contribution is 6.32. The van der Waals surface area contributed by atoms with E-state index in [1.54, 1.807) is 0 Å². The summed E-state index contributed by atoms with van der Waals surface area (Å²) >= 11 is 6.03. The van der Waals surface area contributed by atoms with Crippen LogP contribution in [0, 0.1) is 12.7 Å². The zero-order valence-corrected chi connectivity index (χ0v) is 12.9. The Morgan fingerprint density at radius 3 is 2.62 bits per heavy atom. The molecule has 2 nitrogen and oxygen atoms in total. The van der Waals surface area contributed by atoms with Crippen LogP contribution in [0.25, 0.3) is 0 Å². The van der Waals surface area contributed by atoms with E-state index >= 15 is 0 Å². The lowest BCUT2D eigenvalue weighted by Crippen LogP contribution is -2.31. The van der Waals surface area contributed by atoms with Gasteiger partial charge >= 0.3 is 0 Å². The molecule has 0 saturated heterocycles. The fraction of sp³-hybridized carbons (Fsp3) is 0.294. The number of hydrogen-bond donors (Lipinski definition) is 1. The number of halogens is 2. The molecule has 0 saturated carbocycles. The first kappa shape index (κ1) is 15.8. The normalized spacial score (nSPS) is 13.8. The zero-order valence-electron chi connectivity index (χ0n) is 12.1. The van der Waals surface area contributed by atoms with Crippen LogP contribution >= 0.6 is 11.6 Å². The van der Waals surface area contributed by atoms with Crippen LogP contribution < -0.4 is 10.5 Å². The predicted octanol–water partition coefficient (Wildman–Crippen LogP) is 4.64. The molecule has 2 atom stereocenters. The minimum absolute atomic E-state index is 0.173. The van der Waals surface area contributed by atoms with Gasteiger partial charge in [-0.1, -0.05) is 48.4 Å². The van der Waals surface area contributed by atoms with Crippen molar-refractivity contribution >= 4 is 11.6 Å². The van der Waals surface area contributed by atoms with Crippen molar-refractivity contribution in [3.63, 3.8) is 0 Å². The van der Waals surface area contributed by atoms with Crippen molar-refractivity contribution in [3.8, 4) is 5.75 Å². The van der Waals surface area contributed by atoms with Gasteiger partial charge in [0.1, 0.15) is 17.7 Å². The average Bonchev–Trinajstić information content (AvgIpc) is 2.45. The molecule has 0 aliphatic carbocycles. The Labute approximate surface area is 129 Å². The molecule has 21 heavy (non-hydrogen) atoms. The van der Waals surface area contributed by atoms with Crippen molar-refractivity contribution in [3.05, 3.63) is 64.4 Å². The van der Waals surface area contributed by atoms with Gasteiger partial charge in [0.25, 0.3) is 0 Å². The lowest BCUT2D eigenvalue weighted by Gasteiger charge is -2.25. The Balaban J connectivity index is 2.33. The minimum atomic E-state index is -0.390. The van der Waals surface area contributed by atoms with Crippen LogP contribution in [0.5, 0.6) is 5.75 Å². The van der Waals surface area contributed by atoms with Gasteiger partial charge in [-0.05, 0) is 37.1 Å². The lowest BCUT2D eigenvalue weighted by atomic mass is 9.99. The summed E-state index contributed by atoms with van der Waals surface area (Å²) in [7, 11) is 0. The maximum atomic E-state index is 13.1. The van der Waals surface area contributed by atoms with Gasteiger partial charge in [-0.25, -0.2) is 4.39 Å². The highest BCUT2D eigenvalue weighted by Gasteiger charge is 2.21. The fourth-order valence-corrected chi connectivity index (χ4v) is 2.38. The van der Waals surface area contributed by atoms with E-state index in [1.807, 2.05) is 38.1 Å². The second-order valence-corrected chi connectivity index (χ2v) is 5.51. The third kappa shape index (κ3) is 3.96. The summed E-state index contributed by atoms with van der Waals surface area (Å²) in [5.41, 5.74) is 8.31. The van der Waals surface area contributed by atoms with Crippen molar-refractivity contribution in [2.75, 3.05) is 0 Å². The van der Waals surface area contributed by atoms with Crippen molar-refractivity contribution in [1.82, 2.24) is 0 Å². The second kappa shape index (κ2) is 6.92. The molecule has 112 valence electrons. The van der Waals surface area contributed by atoms with E-state index < -0.39 is 0 Å². The average molecular weight is 308 g/mol. The van der Waals surface area contributed by atoms with Crippen molar-refractivity contribution in [1.29, 1.82) is 0 Å². The summed E-state index contributed by atoms with van der Waals surface area (Å²) in [4.78, 5) is 0. The first-order valence-corrected chi connectivity index (χ1v) is 7.33. The third-order valence-corrected chi connectivity index (χ3v) is 3.67. The summed E-state index contributed by atoms with van der Waals surface area (Å²) in [5, 5.41) is 0.246. The molecule has 4 heteroatoms. The molecule has 0 spiro atoms. The first-order chi connectivity index (χ1) is 10.0. The van der Waals surface area contributed by atoms with Crippen LogP contribution in [0.1, 0.15) is 30.6 Å². The Morgan fingerprint density at radius 2 is 2.00 bits per heavy atom. The van der Waals surface area contributed by atoms with Crippen molar-refractivity contribution < 1.29 is 9.13 Å². The molecule has 2 aromatic carbocycles. The maximum Gasteiger partial charge on any atom is 0.139 e. The molecule has 0 aromatic heterocycles. The third-order valence-electron chi connectivity index (χ3n) is 3.38. The quantitative estimate of drug-likeness (QED) is 0.873. The Bertz CT molecular complexity index is 617. The molecule has 0 fully saturated rings. The van der Waals surface area contributed by atoms with E-state index in [2.05, 4.69) is 0 Å². The number of aryl methyl sites for hydroxylation is 1. The number of benzene rings is 2. The van der Waals surface area contributed by atoms with Crippen LogP contribution in [-0.4, -0.2) is 6.04 Å². The van der Waals surface area contributed by atoms with Gasteiger partial charge < -0.3 is 10.5 Å². The van der Waals surface area contributed by atoms with Crippen molar-refractivity contribution in [2.24, 2.45) is 5.73 Å². The molecule has 2 aromatic rings. The minimum Gasteiger partial charge on any atom is -0.483 e. The second-order valence-electron chi connectivity index (χ2n) is 5.10. The van der Waals surface area contributed by atoms with E-state index in [-0.39, 0.29) is 23.0 Å². The van der Waals surface area contributed by atoms with E-state index in [1.165, 1.54) is 18.2 Å². The SMILES string of the molecule is CCC(N)C(Oc1ccc(F)cc1Cl)c1cccc(C)c1. The van der Waals surface area contributed by atoms with E-state index in [0.29, 0.717) is 5.75 Å². The molecule has 2 N–H and O–H groups in total. The smallest absolute Gasteiger partial charge is 0.139 e. The van der Waals surface area contributed by atoms with Gasteiger partial charge in [0.05, 0.1) is 5.02 Å². The number of hydrogen-bond acceptors (Lipinski definition) is 2. The number of ether oxygens (including phenoxy) is 1. The number of rotatable bonds is 5. The summed E-state index contributed by atoms with van der Waals surface area (Å²) < 4.78 is 19.1. The largest absolute Gasteiger partial charge is 0.483 e. The van der Waals surface area contributed by atoms with Crippen LogP contribution in [0.4, 0.5) is 4.39 Å². The molecule has 0 radical (unpaired) electrons. The molecule has 0 amide bonds. The van der Waals surface area contributed by atoms with Crippen LogP contribution in [0.3, 0.4) is 0 Å². The van der Waals surface area contributed by atoms with Crippen LogP contribution in [0.2, 0.25) is 5.02 Å². The summed E-state index contributed by atoms with van der Waals surface area (Å²) in [6.45, 7) is 4.02. The van der Waals surface area contributed by atoms with Crippen LogP contribution in [-0.2, 0) is 0 Å². The van der Waals surface area contributed by atoms with Gasteiger partial charge in [-0.2, -0.15) is 0 Å². The Hall–Kier alpha value is -1.58. The van der Waals surface area contributed by atoms with Gasteiger partial charge in [0.2, 0.25) is 0 Å². The Morgan fingerprint density at radius 1 is 1.24 bits per heavy atom. The molecule has 0 heterocycles.